The van der Waals surface area contributed by atoms with Crippen molar-refractivity contribution in [2.75, 3.05) is 4.72 Å². The van der Waals surface area contributed by atoms with Gasteiger partial charge >= 0.3 is 0 Å². The van der Waals surface area contributed by atoms with Crippen LogP contribution in [-0.2, 0) is 16.6 Å². The standard InChI is InChI=1S/C13H15N3O2S/c1-10-2-4-12(5-3-10)19(17,18)16-13-8-11(9-14)6-7-15-13/h2-8H,9,14H2,1H3,(H,15,16). The fourth-order valence-corrected chi connectivity index (χ4v) is 2.57. The number of pyridine rings is 1. The van der Waals surface area contributed by atoms with Gasteiger partial charge in [0.05, 0.1) is 4.90 Å². The molecule has 1 aromatic heterocycles. The molecule has 0 unspecified atom stereocenters. The van der Waals surface area contributed by atoms with Crippen molar-refractivity contribution in [3.05, 3.63) is 53.7 Å². The van der Waals surface area contributed by atoms with Gasteiger partial charge in [0.1, 0.15) is 5.82 Å². The van der Waals surface area contributed by atoms with Gasteiger partial charge in [0.15, 0.2) is 0 Å². The van der Waals surface area contributed by atoms with E-state index in [4.69, 9.17) is 5.73 Å². The van der Waals surface area contributed by atoms with E-state index in [1.165, 1.54) is 6.20 Å². The Morgan fingerprint density at radius 1 is 1.21 bits per heavy atom. The Hall–Kier alpha value is -1.92. The van der Waals surface area contributed by atoms with Crippen molar-refractivity contribution in [3.8, 4) is 0 Å². The summed E-state index contributed by atoms with van der Waals surface area (Å²) in [6.07, 6.45) is 1.52. The maximum Gasteiger partial charge on any atom is 0.263 e. The summed E-state index contributed by atoms with van der Waals surface area (Å²) < 4.78 is 26.7. The number of sulfonamides is 1. The van der Waals surface area contributed by atoms with Gasteiger partial charge < -0.3 is 5.73 Å². The van der Waals surface area contributed by atoms with E-state index >= 15 is 0 Å². The van der Waals surface area contributed by atoms with Crippen LogP contribution in [0, 0.1) is 6.92 Å². The highest BCUT2D eigenvalue weighted by Crippen LogP contribution is 2.15. The highest BCUT2D eigenvalue weighted by molar-refractivity contribution is 7.92. The molecule has 19 heavy (non-hydrogen) atoms. The summed E-state index contributed by atoms with van der Waals surface area (Å²) in [5.41, 5.74) is 7.32. The van der Waals surface area contributed by atoms with Crippen LogP contribution in [0.3, 0.4) is 0 Å². The van der Waals surface area contributed by atoms with Crippen LogP contribution >= 0.6 is 0 Å². The molecule has 0 saturated heterocycles. The Labute approximate surface area is 112 Å². The maximum absolute atomic E-state index is 12.1. The van der Waals surface area contributed by atoms with Crippen LogP contribution in [0.2, 0.25) is 0 Å². The number of nitrogens with one attached hydrogen (secondary N) is 1. The lowest BCUT2D eigenvalue weighted by Gasteiger charge is -2.08. The van der Waals surface area contributed by atoms with E-state index in [2.05, 4.69) is 9.71 Å². The largest absolute Gasteiger partial charge is 0.326 e. The van der Waals surface area contributed by atoms with Crippen LogP contribution in [0.4, 0.5) is 5.82 Å². The van der Waals surface area contributed by atoms with Gasteiger partial charge in [0, 0.05) is 12.7 Å². The van der Waals surface area contributed by atoms with Gasteiger partial charge in [0.2, 0.25) is 0 Å². The van der Waals surface area contributed by atoms with Gasteiger partial charge in [-0.05, 0) is 36.8 Å². The van der Waals surface area contributed by atoms with E-state index in [1.807, 2.05) is 6.92 Å². The minimum absolute atomic E-state index is 0.207. The lowest BCUT2D eigenvalue weighted by molar-refractivity contribution is 0.601. The second kappa shape index (κ2) is 5.38. The Bertz CT molecular complexity index is 667. The summed E-state index contributed by atoms with van der Waals surface area (Å²) in [4.78, 5) is 4.18. The van der Waals surface area contributed by atoms with Crippen molar-refractivity contribution in [1.29, 1.82) is 0 Å². The molecule has 5 nitrogen and oxygen atoms in total. The zero-order chi connectivity index (χ0) is 13.9. The van der Waals surface area contributed by atoms with Crippen LogP contribution in [-0.4, -0.2) is 13.4 Å². The molecule has 0 bridgehead atoms. The van der Waals surface area contributed by atoms with Crippen molar-refractivity contribution < 1.29 is 8.42 Å². The minimum Gasteiger partial charge on any atom is -0.326 e. The van der Waals surface area contributed by atoms with Crippen LogP contribution in [0.25, 0.3) is 0 Å². The minimum atomic E-state index is -3.61. The second-order valence-corrected chi connectivity index (χ2v) is 5.85. The maximum atomic E-state index is 12.1. The van der Waals surface area contributed by atoms with Gasteiger partial charge in [-0.25, -0.2) is 13.4 Å². The zero-order valence-corrected chi connectivity index (χ0v) is 11.3. The van der Waals surface area contributed by atoms with Crippen molar-refractivity contribution in [3.63, 3.8) is 0 Å². The molecule has 1 aromatic carbocycles. The summed E-state index contributed by atoms with van der Waals surface area (Å²) in [5.74, 6) is 0.267. The van der Waals surface area contributed by atoms with Crippen molar-refractivity contribution >= 4 is 15.8 Å². The van der Waals surface area contributed by atoms with E-state index in [9.17, 15) is 8.42 Å². The molecule has 0 amide bonds. The smallest absolute Gasteiger partial charge is 0.263 e. The first kappa shape index (κ1) is 13.5. The first-order valence-electron chi connectivity index (χ1n) is 5.76. The molecule has 0 saturated carbocycles. The molecule has 0 fully saturated rings. The number of aryl methyl sites for hydroxylation is 1. The number of hydrogen-bond acceptors (Lipinski definition) is 4. The van der Waals surface area contributed by atoms with E-state index in [-0.39, 0.29) is 10.7 Å². The predicted octanol–water partition coefficient (Wildman–Crippen LogP) is 1.65. The van der Waals surface area contributed by atoms with Gasteiger partial charge in [-0.3, -0.25) is 4.72 Å². The first-order valence-corrected chi connectivity index (χ1v) is 7.24. The number of nitrogens with two attached hydrogens (primary N) is 1. The van der Waals surface area contributed by atoms with E-state index in [0.29, 0.717) is 6.54 Å². The Kier molecular flexibility index (Phi) is 3.82. The van der Waals surface area contributed by atoms with E-state index in [0.717, 1.165) is 11.1 Å². The topological polar surface area (TPSA) is 85.1 Å². The summed E-state index contributed by atoms with van der Waals surface area (Å²) in [7, 11) is -3.61. The van der Waals surface area contributed by atoms with Gasteiger partial charge in [-0.2, -0.15) is 0 Å². The van der Waals surface area contributed by atoms with Crippen LogP contribution in [0.1, 0.15) is 11.1 Å². The van der Waals surface area contributed by atoms with E-state index < -0.39 is 10.0 Å². The van der Waals surface area contributed by atoms with Crippen molar-refractivity contribution in [2.45, 2.75) is 18.4 Å². The number of rotatable bonds is 4. The number of aromatic nitrogens is 1. The van der Waals surface area contributed by atoms with Crippen molar-refractivity contribution in [1.82, 2.24) is 4.98 Å². The van der Waals surface area contributed by atoms with Gasteiger partial charge in [0.25, 0.3) is 10.0 Å². The molecule has 0 aliphatic rings. The number of benzene rings is 1. The lowest BCUT2D eigenvalue weighted by atomic mass is 10.2. The Balaban J connectivity index is 2.28. The van der Waals surface area contributed by atoms with Crippen LogP contribution < -0.4 is 10.5 Å². The normalized spacial score (nSPS) is 11.3. The molecule has 1 heterocycles. The molecule has 0 atom stereocenters. The summed E-state index contributed by atoms with van der Waals surface area (Å²) in [6.45, 7) is 2.23. The molecule has 0 aliphatic carbocycles. The van der Waals surface area contributed by atoms with Gasteiger partial charge in [-0.15, -0.1) is 0 Å². The number of anilines is 1. The van der Waals surface area contributed by atoms with Gasteiger partial charge in [-0.1, -0.05) is 17.7 Å². The molecule has 100 valence electrons. The lowest BCUT2D eigenvalue weighted by Crippen LogP contribution is -2.14. The fraction of sp³-hybridized carbons (Fsp3) is 0.154. The summed E-state index contributed by atoms with van der Waals surface area (Å²) in [5, 5.41) is 0. The van der Waals surface area contributed by atoms with E-state index in [1.54, 1.807) is 36.4 Å². The quantitative estimate of drug-likeness (QED) is 0.889. The average Bonchev–Trinajstić information content (AvgIpc) is 2.39. The molecular formula is C13H15N3O2S. The SMILES string of the molecule is Cc1ccc(S(=O)(=O)Nc2cc(CN)ccn2)cc1. The third-order valence-corrected chi connectivity index (χ3v) is 4.00. The molecular weight excluding hydrogens is 262 g/mol. The number of nitrogens with zero attached hydrogens (tertiary/aromatic N) is 1. The third kappa shape index (κ3) is 3.30. The monoisotopic (exact) mass is 277 g/mol. The fourth-order valence-electron chi connectivity index (χ4n) is 1.57. The Morgan fingerprint density at radius 3 is 2.53 bits per heavy atom. The molecule has 0 radical (unpaired) electrons. The number of hydrogen-bond donors (Lipinski definition) is 2. The Morgan fingerprint density at radius 2 is 1.89 bits per heavy atom. The first-order chi connectivity index (χ1) is 9.01. The molecule has 0 aliphatic heterocycles. The average molecular weight is 277 g/mol. The summed E-state index contributed by atoms with van der Waals surface area (Å²) >= 11 is 0. The predicted molar refractivity (Wildman–Crippen MR) is 74.1 cm³/mol. The molecule has 0 spiro atoms. The molecule has 2 rings (SSSR count). The highest BCUT2D eigenvalue weighted by atomic mass is 32.2. The van der Waals surface area contributed by atoms with Crippen LogP contribution in [0.5, 0.6) is 0 Å². The van der Waals surface area contributed by atoms with Crippen LogP contribution in [0.15, 0.2) is 47.5 Å². The second-order valence-electron chi connectivity index (χ2n) is 4.17. The third-order valence-electron chi connectivity index (χ3n) is 2.63. The summed E-state index contributed by atoms with van der Waals surface area (Å²) in [6, 6.07) is 9.97. The van der Waals surface area contributed by atoms with Crippen molar-refractivity contribution in [2.24, 2.45) is 5.73 Å². The molecule has 2 aromatic rings. The highest BCUT2D eigenvalue weighted by Gasteiger charge is 2.14. The molecule has 3 N–H and O–H groups in total. The molecule has 6 heteroatoms. The zero-order valence-electron chi connectivity index (χ0n) is 10.5.